The van der Waals surface area contributed by atoms with Crippen LogP contribution in [-0.2, 0) is 23.2 Å². The number of nitrogens with one attached hydrogen (secondary N) is 3. The van der Waals surface area contributed by atoms with Crippen molar-refractivity contribution in [1.82, 2.24) is 20.3 Å². The van der Waals surface area contributed by atoms with E-state index in [0.717, 1.165) is 0 Å². The minimum atomic E-state index is -1.31. The van der Waals surface area contributed by atoms with E-state index >= 15 is 0 Å². The van der Waals surface area contributed by atoms with Gasteiger partial charge in [0.1, 0.15) is 19.6 Å². The molecular formula is C20H22N7O6+. The summed E-state index contributed by atoms with van der Waals surface area (Å²) in [4.78, 5) is 57.0. The number of carboxylic acid groups (broad SMARTS) is 2. The lowest BCUT2D eigenvalue weighted by molar-refractivity contribution is -0.653. The molecule has 0 radical (unpaired) electrons. The summed E-state index contributed by atoms with van der Waals surface area (Å²) >= 11 is 0. The molecule has 13 nitrogen and oxygen atoms in total. The summed E-state index contributed by atoms with van der Waals surface area (Å²) in [5.74, 6) is -3.11. The van der Waals surface area contributed by atoms with Gasteiger partial charge in [-0.3, -0.25) is 19.4 Å². The number of aryl methyl sites for hydroxylation is 1. The highest BCUT2D eigenvalue weighted by atomic mass is 16.4. The second-order valence-corrected chi connectivity index (χ2v) is 7.16. The summed E-state index contributed by atoms with van der Waals surface area (Å²) < 4.78 is 1.64. The number of benzene rings is 1. The van der Waals surface area contributed by atoms with Crippen LogP contribution in [0.5, 0.6) is 0 Å². The largest absolute Gasteiger partial charge is 0.481 e. The minimum Gasteiger partial charge on any atom is -0.481 e. The zero-order valence-electron chi connectivity index (χ0n) is 17.5. The summed E-state index contributed by atoms with van der Waals surface area (Å²) in [6, 6.07) is 4.96. The van der Waals surface area contributed by atoms with Crippen LogP contribution < -0.4 is 26.5 Å². The summed E-state index contributed by atoms with van der Waals surface area (Å²) in [5, 5.41) is 23.3. The van der Waals surface area contributed by atoms with Crippen molar-refractivity contribution in [2.24, 2.45) is 7.05 Å². The number of nitrogen functional groups attached to an aromatic ring is 1. The average molecular weight is 456 g/mol. The number of carboxylic acids is 2. The van der Waals surface area contributed by atoms with E-state index in [4.69, 9.17) is 15.9 Å². The lowest BCUT2D eigenvalue weighted by atomic mass is 10.1. The maximum absolute atomic E-state index is 12.3. The second-order valence-electron chi connectivity index (χ2n) is 7.16. The van der Waals surface area contributed by atoms with Crippen LogP contribution in [0.2, 0.25) is 0 Å². The average Bonchev–Trinajstić information content (AvgIpc) is 2.75. The van der Waals surface area contributed by atoms with Gasteiger partial charge in [-0.15, -0.1) is 0 Å². The Morgan fingerprint density at radius 2 is 1.91 bits per heavy atom. The number of rotatable bonds is 9. The standard InChI is InChI=1S/C20H21N7O6/c1-27-12(9-23-16-15(27)18(31)26-20(21)25-16)8-22-11-4-2-10(3-5-11)17(30)24-13(19(32)33)6-7-14(28)29/h2-5,9,13H,6-8H2,1H3,(H6-,21,22,23,24,25,26,28,29,30,31,32,33)/p+1/t13-/m0/s1. The van der Waals surface area contributed by atoms with Crippen LogP contribution in [0.4, 0.5) is 11.6 Å². The van der Waals surface area contributed by atoms with E-state index in [2.05, 4.69) is 25.6 Å². The molecule has 1 atom stereocenters. The van der Waals surface area contributed by atoms with Crippen molar-refractivity contribution in [3.63, 3.8) is 0 Å². The lowest BCUT2D eigenvalue weighted by Crippen LogP contribution is -2.41. The van der Waals surface area contributed by atoms with Gasteiger partial charge < -0.3 is 26.6 Å². The van der Waals surface area contributed by atoms with Crippen molar-refractivity contribution >= 4 is 40.6 Å². The molecule has 0 fully saturated rings. The molecule has 0 unspecified atom stereocenters. The van der Waals surface area contributed by atoms with Gasteiger partial charge in [-0.1, -0.05) is 0 Å². The number of anilines is 2. The van der Waals surface area contributed by atoms with Gasteiger partial charge in [-0.2, -0.15) is 9.55 Å². The third-order valence-corrected chi connectivity index (χ3v) is 4.87. The highest BCUT2D eigenvalue weighted by Gasteiger charge is 2.22. The molecule has 2 aromatic heterocycles. The fraction of sp³-hybridized carbons (Fsp3) is 0.250. The number of amides is 1. The Bertz CT molecular complexity index is 1270. The molecule has 0 aliphatic heterocycles. The number of H-pyrrole nitrogens is 1. The van der Waals surface area contributed by atoms with Crippen molar-refractivity contribution in [3.8, 4) is 0 Å². The van der Waals surface area contributed by atoms with Crippen LogP contribution in [0.15, 0.2) is 35.3 Å². The lowest BCUT2D eigenvalue weighted by Gasteiger charge is -2.14. The summed E-state index contributed by atoms with van der Waals surface area (Å²) in [5.41, 5.74) is 7.19. The molecule has 3 rings (SSSR count). The molecule has 0 bridgehead atoms. The first-order valence-electron chi connectivity index (χ1n) is 9.78. The Morgan fingerprint density at radius 1 is 1.21 bits per heavy atom. The van der Waals surface area contributed by atoms with Crippen molar-refractivity contribution < 1.29 is 29.2 Å². The van der Waals surface area contributed by atoms with Crippen molar-refractivity contribution in [3.05, 3.63) is 52.1 Å². The fourth-order valence-corrected chi connectivity index (χ4v) is 3.09. The van der Waals surface area contributed by atoms with Crippen LogP contribution in [0.25, 0.3) is 11.2 Å². The minimum absolute atomic E-state index is 0.0217. The van der Waals surface area contributed by atoms with Crippen molar-refractivity contribution in [2.45, 2.75) is 25.4 Å². The van der Waals surface area contributed by atoms with Gasteiger partial charge >= 0.3 is 23.0 Å². The third kappa shape index (κ3) is 5.58. The van der Waals surface area contributed by atoms with Crippen molar-refractivity contribution in [2.75, 3.05) is 11.1 Å². The smallest absolute Gasteiger partial charge is 0.326 e. The van der Waals surface area contributed by atoms with Crippen LogP contribution in [0.3, 0.4) is 0 Å². The molecule has 0 saturated heterocycles. The van der Waals surface area contributed by atoms with Crippen LogP contribution in [-0.4, -0.2) is 49.1 Å². The molecule has 33 heavy (non-hydrogen) atoms. The Balaban J connectivity index is 1.67. The zero-order chi connectivity index (χ0) is 24.1. The highest BCUT2D eigenvalue weighted by molar-refractivity contribution is 5.96. The Kier molecular flexibility index (Phi) is 6.81. The van der Waals surface area contributed by atoms with Gasteiger partial charge in [0.25, 0.3) is 5.91 Å². The zero-order valence-corrected chi connectivity index (χ0v) is 17.5. The Hall–Kier alpha value is -4.55. The van der Waals surface area contributed by atoms with Crippen LogP contribution in [0.1, 0.15) is 28.9 Å². The van der Waals surface area contributed by atoms with E-state index < -0.39 is 29.4 Å². The number of hydrogen-bond donors (Lipinski definition) is 6. The Morgan fingerprint density at radius 3 is 2.55 bits per heavy atom. The van der Waals surface area contributed by atoms with Crippen LogP contribution in [0, 0.1) is 0 Å². The van der Waals surface area contributed by atoms with E-state index in [9.17, 15) is 19.2 Å². The second kappa shape index (κ2) is 9.72. The summed E-state index contributed by atoms with van der Waals surface area (Å²) in [7, 11) is 1.70. The first-order chi connectivity index (χ1) is 15.7. The topological polar surface area (TPSA) is 204 Å². The van der Waals surface area contributed by atoms with Gasteiger partial charge in [0.15, 0.2) is 0 Å². The number of carbonyl (C=O) groups is 3. The third-order valence-electron chi connectivity index (χ3n) is 4.87. The first kappa shape index (κ1) is 23.1. The number of nitrogens with zero attached hydrogens (tertiary/aromatic N) is 3. The number of aromatic amines is 1. The molecule has 0 aliphatic carbocycles. The molecule has 13 heteroatoms. The van der Waals surface area contributed by atoms with Gasteiger partial charge in [0.05, 0.1) is 6.20 Å². The fourth-order valence-electron chi connectivity index (χ4n) is 3.09. The quantitative estimate of drug-likeness (QED) is 0.225. The van der Waals surface area contributed by atoms with E-state index in [1.165, 1.54) is 12.1 Å². The molecule has 0 spiro atoms. The first-order valence-corrected chi connectivity index (χ1v) is 9.78. The number of hydrogen-bond acceptors (Lipinski definition) is 8. The SMILES string of the molecule is C[n+]1c(CNc2ccc(C(=O)N[C@@H](CCC(=O)O)C(=O)O)cc2)cnc2nc(N)[nH]c(=O)c21. The molecule has 172 valence electrons. The number of aliphatic carboxylic acids is 2. The van der Waals surface area contributed by atoms with Gasteiger partial charge in [0, 0.05) is 17.7 Å². The van der Waals surface area contributed by atoms with Crippen molar-refractivity contribution in [1.29, 1.82) is 0 Å². The van der Waals surface area contributed by atoms with Gasteiger partial charge in [-0.05, 0) is 30.7 Å². The molecule has 0 saturated carbocycles. The highest BCUT2D eigenvalue weighted by Crippen LogP contribution is 2.12. The molecule has 2 heterocycles. The number of nitrogens with two attached hydrogens (primary N) is 1. The molecule has 3 aromatic rings. The molecule has 0 aliphatic rings. The number of fused-ring (bicyclic) bond motifs is 1. The predicted octanol–water partition coefficient (Wildman–Crippen LogP) is -0.615. The van der Waals surface area contributed by atoms with Gasteiger partial charge in [0.2, 0.25) is 17.3 Å². The number of aromatic nitrogens is 4. The van der Waals surface area contributed by atoms with E-state index in [1.54, 1.807) is 29.9 Å². The molecule has 1 amide bonds. The summed E-state index contributed by atoms with van der Waals surface area (Å²) in [6.07, 6.45) is 0.959. The maximum Gasteiger partial charge on any atom is 0.326 e. The molecular weight excluding hydrogens is 434 g/mol. The molecule has 7 N–H and O–H groups in total. The predicted molar refractivity (Wildman–Crippen MR) is 115 cm³/mol. The van der Waals surface area contributed by atoms with E-state index in [1.807, 2.05) is 0 Å². The van der Waals surface area contributed by atoms with Gasteiger partial charge in [-0.25, -0.2) is 9.78 Å². The molecule has 1 aromatic carbocycles. The normalized spacial score (nSPS) is 11.7. The van der Waals surface area contributed by atoms with E-state index in [-0.39, 0.29) is 35.5 Å². The monoisotopic (exact) mass is 456 g/mol. The van der Waals surface area contributed by atoms with E-state index in [0.29, 0.717) is 17.9 Å². The number of carbonyl (C=O) groups excluding carboxylic acids is 1. The Labute approximate surface area is 186 Å². The summed E-state index contributed by atoms with van der Waals surface area (Å²) in [6.45, 7) is 0.311. The maximum atomic E-state index is 12.3. The van der Waals surface area contributed by atoms with Crippen LogP contribution >= 0.6 is 0 Å².